The molecule has 2 aromatic heterocycles. The molecule has 0 radical (unpaired) electrons. The number of benzene rings is 1. The van der Waals surface area contributed by atoms with Crippen molar-refractivity contribution in [2.45, 2.75) is 37.0 Å². The van der Waals surface area contributed by atoms with Crippen LogP contribution >= 0.6 is 0 Å². The van der Waals surface area contributed by atoms with E-state index in [2.05, 4.69) is 15.3 Å². The monoisotopic (exact) mass is 502 g/mol. The third-order valence-electron chi connectivity index (χ3n) is 6.40. The topological polar surface area (TPSA) is 104 Å². The molecule has 0 saturated heterocycles. The fraction of sp³-hybridized carbons (Fsp3) is 0.320. The van der Waals surface area contributed by atoms with Crippen molar-refractivity contribution >= 4 is 22.8 Å². The highest BCUT2D eigenvalue weighted by molar-refractivity contribution is 7.91. The van der Waals surface area contributed by atoms with Crippen molar-refractivity contribution in [3.05, 3.63) is 77.5 Å². The molecule has 1 saturated carbocycles. The Morgan fingerprint density at radius 1 is 1.11 bits per heavy atom. The lowest BCUT2D eigenvalue weighted by molar-refractivity contribution is 0.102. The van der Waals surface area contributed by atoms with Crippen LogP contribution < -0.4 is 11.1 Å². The van der Waals surface area contributed by atoms with Gasteiger partial charge in [-0.3, -0.25) is 9.78 Å². The summed E-state index contributed by atoms with van der Waals surface area (Å²) in [6, 6.07) is 6.75. The first-order chi connectivity index (χ1) is 16.7. The Kier molecular flexibility index (Phi) is 7.44. The highest BCUT2D eigenvalue weighted by Gasteiger charge is 2.40. The van der Waals surface area contributed by atoms with Crippen LogP contribution in [0.25, 0.3) is 11.3 Å². The second kappa shape index (κ2) is 10.3. The number of hydrogen-bond acceptors (Lipinski definition) is 5. The number of anilines is 1. The van der Waals surface area contributed by atoms with Crippen molar-refractivity contribution in [2.75, 3.05) is 11.6 Å². The van der Waals surface area contributed by atoms with Crippen molar-refractivity contribution in [2.24, 2.45) is 11.7 Å². The molecule has 10 heteroatoms. The van der Waals surface area contributed by atoms with Gasteiger partial charge in [-0.1, -0.05) is 24.2 Å². The highest BCUT2D eigenvalue weighted by atomic mass is 32.2. The molecule has 0 aliphatic heterocycles. The van der Waals surface area contributed by atoms with Crippen LogP contribution in [-0.4, -0.2) is 38.0 Å². The number of amides is 1. The van der Waals surface area contributed by atoms with Gasteiger partial charge in [-0.25, -0.2) is 18.2 Å². The van der Waals surface area contributed by atoms with E-state index in [-0.39, 0.29) is 28.8 Å². The number of nitrogens with two attached hydrogens (primary N) is 1. The Morgan fingerprint density at radius 2 is 1.83 bits per heavy atom. The lowest BCUT2D eigenvalue weighted by Crippen LogP contribution is -2.48. The number of carbonyl (C=O) groups excluding carboxylic acids is 1. The van der Waals surface area contributed by atoms with Gasteiger partial charge in [0.1, 0.15) is 34.1 Å². The first-order valence-corrected chi connectivity index (χ1v) is 12.7. The Bertz CT molecular complexity index is 1210. The standard InChI is InChI=1S/C25H25F3N4O2S/c1-13-10-14(11-19(29)24(13)35(2)34)15-8-9-30-12-21(15)32-25(33)20-7-6-18(28)23(31-20)22-16(26)4-3-5-17(22)27/h3-9,12-14,19,24H,10-11,29H2,1-2H3,(H,32,33)/t13-,14+,19+,24-,35?/m0/s1. The van der Waals surface area contributed by atoms with Gasteiger partial charge >= 0.3 is 0 Å². The summed E-state index contributed by atoms with van der Waals surface area (Å²) in [4.78, 5) is 21.0. The van der Waals surface area contributed by atoms with Gasteiger partial charge in [0, 0.05) is 12.1 Å². The zero-order valence-electron chi connectivity index (χ0n) is 19.2. The largest absolute Gasteiger partial charge is 0.616 e. The average molecular weight is 503 g/mol. The molecule has 1 unspecified atom stereocenters. The van der Waals surface area contributed by atoms with E-state index in [4.69, 9.17) is 5.73 Å². The molecule has 1 aliphatic carbocycles. The summed E-state index contributed by atoms with van der Waals surface area (Å²) in [6.45, 7) is 2.02. The summed E-state index contributed by atoms with van der Waals surface area (Å²) in [5.74, 6) is -3.50. The normalized spacial score (nSPS) is 23.1. The molecule has 6 nitrogen and oxygen atoms in total. The number of nitrogens with one attached hydrogen (secondary N) is 1. The number of halogens is 3. The van der Waals surface area contributed by atoms with Crippen molar-refractivity contribution in [3.63, 3.8) is 0 Å². The van der Waals surface area contributed by atoms with Gasteiger partial charge in [-0.15, -0.1) is 0 Å². The number of pyridine rings is 2. The van der Waals surface area contributed by atoms with Gasteiger partial charge in [-0.2, -0.15) is 0 Å². The number of hydrogen-bond donors (Lipinski definition) is 2. The van der Waals surface area contributed by atoms with Gasteiger partial charge in [0.25, 0.3) is 5.91 Å². The molecule has 5 atom stereocenters. The van der Waals surface area contributed by atoms with Crippen LogP contribution in [0, 0.1) is 23.4 Å². The van der Waals surface area contributed by atoms with Crippen LogP contribution in [0.15, 0.2) is 48.8 Å². The summed E-state index contributed by atoms with van der Waals surface area (Å²) < 4.78 is 54.9. The number of rotatable bonds is 5. The molecule has 1 aliphatic rings. The average Bonchev–Trinajstić information content (AvgIpc) is 2.79. The van der Waals surface area contributed by atoms with Gasteiger partial charge in [0.2, 0.25) is 0 Å². The fourth-order valence-electron chi connectivity index (χ4n) is 4.91. The zero-order chi connectivity index (χ0) is 25.3. The quantitative estimate of drug-likeness (QED) is 0.504. The highest BCUT2D eigenvalue weighted by Crippen LogP contribution is 2.40. The first kappa shape index (κ1) is 25.2. The van der Waals surface area contributed by atoms with Crippen LogP contribution in [-0.2, 0) is 11.2 Å². The molecule has 3 N–H and O–H groups in total. The molecular formula is C25H25F3N4O2S. The third-order valence-corrected chi connectivity index (χ3v) is 7.98. The second-order valence-corrected chi connectivity index (χ2v) is 10.4. The molecular weight excluding hydrogens is 477 g/mol. The minimum Gasteiger partial charge on any atom is -0.616 e. The Balaban J connectivity index is 1.61. The molecule has 184 valence electrons. The predicted octanol–water partition coefficient (Wildman–Crippen LogP) is 4.40. The maximum absolute atomic E-state index is 14.4. The summed E-state index contributed by atoms with van der Waals surface area (Å²) in [5, 5.41) is 2.64. The van der Waals surface area contributed by atoms with E-state index in [1.165, 1.54) is 6.20 Å². The maximum Gasteiger partial charge on any atom is 0.274 e. The maximum atomic E-state index is 14.4. The van der Waals surface area contributed by atoms with E-state index >= 15 is 0 Å². The van der Waals surface area contributed by atoms with E-state index in [0.717, 1.165) is 42.3 Å². The molecule has 1 fully saturated rings. The Hall–Kier alpha value is -2.95. The lowest BCUT2D eigenvalue weighted by atomic mass is 9.76. The molecule has 35 heavy (non-hydrogen) atoms. The minimum atomic E-state index is -1.05. The lowest BCUT2D eigenvalue weighted by Gasteiger charge is -2.38. The van der Waals surface area contributed by atoms with Crippen molar-refractivity contribution in [1.29, 1.82) is 0 Å². The SMILES string of the molecule is C[C@H]1C[C@@H](c2ccncc2NC(=O)c2ccc(F)c(-c3c(F)cccc3F)n2)C[C@@H](N)[C@H]1[S+](C)[O-]. The van der Waals surface area contributed by atoms with E-state index < -0.39 is 45.8 Å². The van der Waals surface area contributed by atoms with Gasteiger partial charge in [0.15, 0.2) is 0 Å². The molecule has 4 rings (SSSR count). The van der Waals surface area contributed by atoms with Crippen LogP contribution in [0.4, 0.5) is 18.9 Å². The van der Waals surface area contributed by atoms with Crippen LogP contribution in [0.1, 0.15) is 41.7 Å². The number of carbonyl (C=O) groups is 1. The van der Waals surface area contributed by atoms with Crippen molar-refractivity contribution < 1.29 is 22.5 Å². The Labute approximate surface area is 204 Å². The smallest absolute Gasteiger partial charge is 0.274 e. The first-order valence-electron chi connectivity index (χ1n) is 11.1. The minimum absolute atomic E-state index is 0.00217. The molecule has 2 heterocycles. The summed E-state index contributed by atoms with van der Waals surface area (Å²) in [7, 11) is 0. The third kappa shape index (κ3) is 5.19. The fourth-order valence-corrected chi connectivity index (χ4v) is 6.28. The summed E-state index contributed by atoms with van der Waals surface area (Å²) in [5.41, 5.74) is 6.15. The van der Waals surface area contributed by atoms with E-state index in [1.54, 1.807) is 18.5 Å². The van der Waals surface area contributed by atoms with Crippen molar-refractivity contribution in [3.8, 4) is 11.3 Å². The molecule has 0 bridgehead atoms. The molecule has 3 aromatic rings. The summed E-state index contributed by atoms with van der Waals surface area (Å²) >= 11 is -1.05. The van der Waals surface area contributed by atoms with E-state index in [9.17, 15) is 22.5 Å². The van der Waals surface area contributed by atoms with E-state index in [1.807, 2.05) is 6.92 Å². The van der Waals surface area contributed by atoms with E-state index in [0.29, 0.717) is 12.1 Å². The molecule has 1 aromatic carbocycles. The van der Waals surface area contributed by atoms with Gasteiger partial charge in [-0.05, 0) is 54.7 Å². The van der Waals surface area contributed by atoms with Crippen molar-refractivity contribution in [1.82, 2.24) is 9.97 Å². The van der Waals surface area contributed by atoms with Crippen LogP contribution in [0.2, 0.25) is 0 Å². The predicted molar refractivity (Wildman–Crippen MR) is 129 cm³/mol. The van der Waals surface area contributed by atoms with Crippen LogP contribution in [0.3, 0.4) is 0 Å². The van der Waals surface area contributed by atoms with Gasteiger partial charge in [0.05, 0.1) is 29.7 Å². The molecule has 1 amide bonds. The Morgan fingerprint density at radius 3 is 2.49 bits per heavy atom. The van der Waals surface area contributed by atoms with Gasteiger partial charge < -0.3 is 15.6 Å². The van der Waals surface area contributed by atoms with Crippen LogP contribution in [0.5, 0.6) is 0 Å². The number of nitrogens with zero attached hydrogens (tertiary/aromatic N) is 2. The molecule has 0 spiro atoms. The zero-order valence-corrected chi connectivity index (χ0v) is 20.0. The number of aromatic nitrogens is 2. The summed E-state index contributed by atoms with van der Waals surface area (Å²) in [6.07, 6.45) is 6.09. The second-order valence-electron chi connectivity index (χ2n) is 8.81.